The molecule has 4 rings (SSSR count). The third-order valence-electron chi connectivity index (χ3n) is 6.47. The smallest absolute Gasteiger partial charge is 0.391 e. The number of nitrogens with zero attached hydrogens (tertiary/aromatic N) is 1. The van der Waals surface area contributed by atoms with Gasteiger partial charge in [0, 0.05) is 0 Å². The van der Waals surface area contributed by atoms with E-state index < -0.39 is 35.7 Å². The Morgan fingerprint density at radius 1 is 0.914 bits per heavy atom. The minimum Gasteiger partial charge on any atom is -0.481 e. The van der Waals surface area contributed by atoms with Crippen LogP contribution in [0.15, 0.2) is 66.7 Å². The van der Waals surface area contributed by atoms with Crippen LogP contribution >= 0.6 is 0 Å². The van der Waals surface area contributed by atoms with Gasteiger partial charge < -0.3 is 5.11 Å². The van der Waals surface area contributed by atoms with E-state index in [1.165, 1.54) is 24.3 Å². The van der Waals surface area contributed by atoms with Crippen LogP contribution < -0.4 is 0 Å². The first kappa shape index (κ1) is 24.9. The molecule has 184 valence electrons. The zero-order valence-corrected chi connectivity index (χ0v) is 18.7. The first-order valence-electron chi connectivity index (χ1n) is 11.3. The molecule has 1 saturated heterocycles. The highest BCUT2D eigenvalue weighted by Gasteiger charge is 2.42. The van der Waals surface area contributed by atoms with Crippen molar-refractivity contribution in [3.8, 4) is 11.1 Å². The van der Waals surface area contributed by atoms with Gasteiger partial charge in [0.2, 0.25) is 0 Å². The number of hydrogen-bond acceptors (Lipinski definition) is 2. The lowest BCUT2D eigenvalue weighted by Gasteiger charge is -2.39. The summed E-state index contributed by atoms with van der Waals surface area (Å²) in [5, 5.41) is 9.26. The SMILES string of the molecule is O=C(O)Cc1ccc(C(c2ccc(F)cc2)N2CCC(C(F)(F)F)CC2)c(-c2ccc(F)cc2)c1. The van der Waals surface area contributed by atoms with Gasteiger partial charge in [-0.2, -0.15) is 13.2 Å². The van der Waals surface area contributed by atoms with Crippen LogP contribution in [0.3, 0.4) is 0 Å². The molecule has 3 aromatic rings. The molecule has 3 nitrogen and oxygen atoms in total. The van der Waals surface area contributed by atoms with Crippen LogP contribution in [0.2, 0.25) is 0 Å². The number of aliphatic carboxylic acids is 1. The van der Waals surface area contributed by atoms with Crippen molar-refractivity contribution in [3.05, 3.63) is 95.1 Å². The van der Waals surface area contributed by atoms with Crippen molar-refractivity contribution in [1.82, 2.24) is 4.90 Å². The standard InChI is InChI=1S/C27H24F5NO2/c28-21-6-2-18(3-7-21)24-15-17(16-25(34)35)1-10-23(24)26(19-4-8-22(29)9-5-19)33-13-11-20(12-14-33)27(30,31)32/h1-10,15,20,26H,11-14,16H2,(H,34,35). The van der Waals surface area contributed by atoms with Crippen molar-refractivity contribution >= 4 is 5.97 Å². The van der Waals surface area contributed by atoms with Crippen molar-refractivity contribution in [2.75, 3.05) is 13.1 Å². The van der Waals surface area contributed by atoms with Crippen LogP contribution in [-0.2, 0) is 11.2 Å². The van der Waals surface area contributed by atoms with Crippen molar-refractivity contribution < 1.29 is 31.9 Å². The highest BCUT2D eigenvalue weighted by molar-refractivity contribution is 5.74. The molecule has 1 aliphatic rings. The summed E-state index contributed by atoms with van der Waals surface area (Å²) >= 11 is 0. The fraction of sp³-hybridized carbons (Fsp3) is 0.296. The van der Waals surface area contributed by atoms with Gasteiger partial charge in [0.1, 0.15) is 11.6 Å². The second kappa shape index (κ2) is 10.2. The second-order valence-electron chi connectivity index (χ2n) is 8.80. The Morgan fingerprint density at radius 2 is 1.49 bits per heavy atom. The number of hydrogen-bond donors (Lipinski definition) is 1. The van der Waals surface area contributed by atoms with Gasteiger partial charge in [-0.1, -0.05) is 42.5 Å². The maximum Gasteiger partial charge on any atom is 0.391 e. The lowest BCUT2D eigenvalue weighted by molar-refractivity contribution is -0.185. The number of piperidine rings is 1. The number of alkyl halides is 3. The molecule has 1 heterocycles. The maximum atomic E-state index is 13.7. The molecule has 1 fully saturated rings. The van der Waals surface area contributed by atoms with Gasteiger partial charge in [-0.05, 0) is 78.0 Å². The number of benzene rings is 3. The van der Waals surface area contributed by atoms with Crippen LogP contribution in [-0.4, -0.2) is 35.2 Å². The topological polar surface area (TPSA) is 40.5 Å². The Labute approximate surface area is 199 Å². The first-order chi connectivity index (χ1) is 16.6. The molecule has 0 amide bonds. The van der Waals surface area contributed by atoms with E-state index in [1.807, 2.05) is 4.90 Å². The van der Waals surface area contributed by atoms with Crippen LogP contribution in [0.4, 0.5) is 22.0 Å². The van der Waals surface area contributed by atoms with Crippen molar-refractivity contribution in [2.45, 2.75) is 31.5 Å². The van der Waals surface area contributed by atoms with Gasteiger partial charge in [-0.3, -0.25) is 9.69 Å². The van der Waals surface area contributed by atoms with E-state index in [0.29, 0.717) is 22.3 Å². The summed E-state index contributed by atoms with van der Waals surface area (Å²) in [6.07, 6.45) is -4.57. The van der Waals surface area contributed by atoms with Crippen molar-refractivity contribution in [3.63, 3.8) is 0 Å². The number of halogens is 5. The average molecular weight is 489 g/mol. The fourth-order valence-electron chi connectivity index (χ4n) is 4.72. The third-order valence-corrected chi connectivity index (χ3v) is 6.47. The zero-order chi connectivity index (χ0) is 25.2. The summed E-state index contributed by atoms with van der Waals surface area (Å²) in [4.78, 5) is 13.2. The number of carbonyl (C=O) groups is 1. The lowest BCUT2D eigenvalue weighted by atomic mass is 9.86. The first-order valence-corrected chi connectivity index (χ1v) is 11.3. The second-order valence-corrected chi connectivity index (χ2v) is 8.80. The number of carboxylic acid groups (broad SMARTS) is 1. The van der Waals surface area contributed by atoms with Crippen LogP contribution in [0.5, 0.6) is 0 Å². The molecule has 3 aromatic carbocycles. The number of rotatable bonds is 6. The number of likely N-dealkylation sites (tertiary alicyclic amines) is 1. The van der Waals surface area contributed by atoms with Gasteiger partial charge >= 0.3 is 12.1 Å². The molecule has 0 aromatic heterocycles. The van der Waals surface area contributed by atoms with Gasteiger partial charge in [0.05, 0.1) is 18.4 Å². The van der Waals surface area contributed by atoms with Gasteiger partial charge in [0.15, 0.2) is 0 Å². The Bertz CT molecular complexity index is 1170. The van der Waals surface area contributed by atoms with E-state index in [4.69, 9.17) is 0 Å². The van der Waals surface area contributed by atoms with Crippen LogP contribution in [0.25, 0.3) is 11.1 Å². The highest BCUT2D eigenvalue weighted by Crippen LogP contribution is 2.41. The Balaban J connectivity index is 1.81. The van der Waals surface area contributed by atoms with E-state index in [9.17, 15) is 31.9 Å². The summed E-state index contributed by atoms with van der Waals surface area (Å²) in [5.41, 5.74) is 3.25. The van der Waals surface area contributed by atoms with E-state index in [-0.39, 0.29) is 32.4 Å². The zero-order valence-electron chi connectivity index (χ0n) is 18.7. The average Bonchev–Trinajstić information content (AvgIpc) is 2.81. The molecule has 1 unspecified atom stereocenters. The molecule has 0 spiro atoms. The third kappa shape index (κ3) is 5.88. The van der Waals surface area contributed by atoms with Crippen LogP contribution in [0.1, 0.15) is 35.6 Å². The van der Waals surface area contributed by atoms with E-state index >= 15 is 0 Å². The van der Waals surface area contributed by atoms with E-state index in [0.717, 1.165) is 5.56 Å². The summed E-state index contributed by atoms with van der Waals surface area (Å²) in [6.45, 7) is 0.373. The lowest BCUT2D eigenvalue weighted by Crippen LogP contribution is -2.41. The minimum absolute atomic E-state index is 0.0514. The molecular formula is C27H24F5NO2. The highest BCUT2D eigenvalue weighted by atomic mass is 19.4. The van der Waals surface area contributed by atoms with E-state index in [1.54, 1.807) is 42.5 Å². The Hall–Kier alpha value is -3.26. The molecular weight excluding hydrogens is 465 g/mol. The Morgan fingerprint density at radius 3 is 2.03 bits per heavy atom. The summed E-state index contributed by atoms with van der Waals surface area (Å²) < 4.78 is 67.2. The fourth-order valence-corrected chi connectivity index (χ4v) is 4.72. The largest absolute Gasteiger partial charge is 0.481 e. The quantitative estimate of drug-likeness (QED) is 0.396. The monoisotopic (exact) mass is 489 g/mol. The van der Waals surface area contributed by atoms with Crippen LogP contribution in [0, 0.1) is 17.6 Å². The molecule has 1 atom stereocenters. The van der Waals surface area contributed by atoms with Gasteiger partial charge in [-0.15, -0.1) is 0 Å². The Kier molecular flexibility index (Phi) is 7.21. The molecule has 35 heavy (non-hydrogen) atoms. The molecule has 0 aliphatic carbocycles. The summed E-state index contributed by atoms with van der Waals surface area (Å²) in [6, 6.07) is 16.2. The molecule has 1 N–H and O–H groups in total. The summed E-state index contributed by atoms with van der Waals surface area (Å²) in [5.74, 6) is -3.24. The van der Waals surface area contributed by atoms with E-state index in [2.05, 4.69) is 0 Å². The predicted molar refractivity (Wildman–Crippen MR) is 122 cm³/mol. The molecule has 1 aliphatic heterocycles. The minimum atomic E-state index is -4.25. The molecule has 0 bridgehead atoms. The van der Waals surface area contributed by atoms with Gasteiger partial charge in [-0.25, -0.2) is 8.78 Å². The van der Waals surface area contributed by atoms with Crippen molar-refractivity contribution in [2.24, 2.45) is 5.92 Å². The predicted octanol–water partition coefficient (Wildman–Crippen LogP) is 6.62. The molecule has 0 radical (unpaired) electrons. The molecule has 8 heteroatoms. The molecule has 0 saturated carbocycles. The normalized spacial score (nSPS) is 16.3. The number of carboxylic acids is 1. The maximum absolute atomic E-state index is 13.7. The van der Waals surface area contributed by atoms with Gasteiger partial charge in [0.25, 0.3) is 0 Å². The van der Waals surface area contributed by atoms with Crippen molar-refractivity contribution in [1.29, 1.82) is 0 Å². The summed E-state index contributed by atoms with van der Waals surface area (Å²) in [7, 11) is 0.